The first-order valence-electron chi connectivity index (χ1n) is 3.63. The molecule has 68 valence electrons. The summed E-state index contributed by atoms with van der Waals surface area (Å²) >= 11 is 17.4. The fourth-order valence-corrected chi connectivity index (χ4v) is 1.74. The van der Waals surface area contributed by atoms with Gasteiger partial charge in [0.15, 0.2) is 5.75 Å². The van der Waals surface area contributed by atoms with Gasteiger partial charge in [0, 0.05) is 5.02 Å². The molecule has 0 fully saturated rings. The van der Waals surface area contributed by atoms with Crippen LogP contribution in [0.3, 0.4) is 0 Å². The molecule has 0 bridgehead atoms. The van der Waals surface area contributed by atoms with Gasteiger partial charge in [-0.3, -0.25) is 0 Å². The topological polar surface area (TPSA) is 9.23 Å². The number of halogens is 3. The molecule has 0 aliphatic heterocycles. The summed E-state index contributed by atoms with van der Waals surface area (Å²) in [6.07, 6.45) is 0. The van der Waals surface area contributed by atoms with Crippen LogP contribution in [0.4, 0.5) is 0 Å². The third-order valence-electron chi connectivity index (χ3n) is 1.45. The van der Waals surface area contributed by atoms with Crippen molar-refractivity contribution in [3.8, 4) is 5.75 Å². The van der Waals surface area contributed by atoms with Crippen LogP contribution >= 0.6 is 34.8 Å². The molecule has 0 aliphatic carbocycles. The maximum absolute atomic E-state index is 5.86. The van der Waals surface area contributed by atoms with Crippen molar-refractivity contribution in [1.82, 2.24) is 0 Å². The average molecular weight is 235 g/mol. The van der Waals surface area contributed by atoms with E-state index in [0.717, 1.165) is 0 Å². The van der Waals surface area contributed by atoms with Crippen molar-refractivity contribution >= 4 is 48.1 Å². The molecule has 0 atom stereocenters. The zero-order valence-electron chi connectivity index (χ0n) is 6.90. The molecule has 0 saturated carbocycles. The summed E-state index contributed by atoms with van der Waals surface area (Å²) in [6, 6.07) is 1.51. The maximum Gasteiger partial charge on any atom is 0.155 e. The molecular weight excluding hydrogens is 229 g/mol. The van der Waals surface area contributed by atoms with Crippen molar-refractivity contribution in [3.63, 3.8) is 0 Å². The van der Waals surface area contributed by atoms with E-state index < -0.39 is 0 Å². The Bertz CT molecular complexity index is 328. The van der Waals surface area contributed by atoms with Crippen molar-refractivity contribution in [2.24, 2.45) is 0 Å². The molecule has 2 radical (unpaired) electrons. The molecule has 13 heavy (non-hydrogen) atoms. The first-order chi connectivity index (χ1) is 6.07. The van der Waals surface area contributed by atoms with Gasteiger partial charge in [0.1, 0.15) is 7.85 Å². The second kappa shape index (κ2) is 4.45. The quantitative estimate of drug-likeness (QED) is 0.716. The predicted molar refractivity (Wildman–Crippen MR) is 58.0 cm³/mol. The van der Waals surface area contributed by atoms with Gasteiger partial charge < -0.3 is 4.74 Å². The van der Waals surface area contributed by atoms with E-state index in [9.17, 15) is 0 Å². The summed E-state index contributed by atoms with van der Waals surface area (Å²) in [5.41, 5.74) is 0.288. The lowest BCUT2D eigenvalue weighted by molar-refractivity contribution is 0.341. The molecule has 1 rings (SSSR count). The van der Waals surface area contributed by atoms with Crippen molar-refractivity contribution in [1.29, 1.82) is 0 Å². The largest absolute Gasteiger partial charge is 0.491 e. The van der Waals surface area contributed by atoms with Gasteiger partial charge in [-0.05, 0) is 13.0 Å². The van der Waals surface area contributed by atoms with Gasteiger partial charge in [-0.25, -0.2) is 0 Å². The van der Waals surface area contributed by atoms with E-state index in [-0.39, 0.29) is 10.5 Å². The van der Waals surface area contributed by atoms with Crippen LogP contribution in [0.1, 0.15) is 6.92 Å². The van der Waals surface area contributed by atoms with Gasteiger partial charge in [0.2, 0.25) is 0 Å². The van der Waals surface area contributed by atoms with Crippen molar-refractivity contribution in [2.75, 3.05) is 6.61 Å². The summed E-state index contributed by atoms with van der Waals surface area (Å²) in [4.78, 5) is 0. The van der Waals surface area contributed by atoms with E-state index >= 15 is 0 Å². The number of hydrogen-bond acceptors (Lipinski definition) is 1. The first-order valence-corrected chi connectivity index (χ1v) is 4.77. The van der Waals surface area contributed by atoms with Crippen molar-refractivity contribution in [3.05, 3.63) is 21.1 Å². The lowest BCUT2D eigenvalue weighted by Gasteiger charge is -2.11. The second-order valence-electron chi connectivity index (χ2n) is 2.33. The van der Waals surface area contributed by atoms with E-state index in [1.807, 2.05) is 6.92 Å². The number of hydrogen-bond donors (Lipinski definition) is 0. The summed E-state index contributed by atoms with van der Waals surface area (Å²) < 4.78 is 5.20. The third-order valence-corrected chi connectivity index (χ3v) is 2.42. The van der Waals surface area contributed by atoms with E-state index in [2.05, 4.69) is 0 Å². The monoisotopic (exact) mass is 234 g/mol. The van der Waals surface area contributed by atoms with Crippen molar-refractivity contribution in [2.45, 2.75) is 6.92 Å². The fraction of sp³-hybridized carbons (Fsp3) is 0.250. The Morgan fingerprint density at radius 3 is 2.46 bits per heavy atom. The van der Waals surface area contributed by atoms with Crippen LogP contribution in [0.5, 0.6) is 5.75 Å². The highest BCUT2D eigenvalue weighted by Gasteiger charge is 2.12. The Balaban J connectivity index is 3.26. The SMILES string of the molecule is [B]c1c(Cl)cc(Cl)c(OCC)c1Cl. The minimum absolute atomic E-state index is 0.263. The fourth-order valence-electron chi connectivity index (χ4n) is 0.863. The number of ether oxygens (including phenoxy) is 1. The van der Waals surface area contributed by atoms with Crippen LogP contribution in [-0.4, -0.2) is 14.5 Å². The zero-order chi connectivity index (χ0) is 10.0. The zero-order valence-corrected chi connectivity index (χ0v) is 9.17. The summed E-state index contributed by atoms with van der Waals surface area (Å²) in [5, 5.41) is 0.962. The Labute approximate surface area is 93.3 Å². The smallest absolute Gasteiger partial charge is 0.155 e. The van der Waals surface area contributed by atoms with E-state index in [4.69, 9.17) is 47.4 Å². The number of benzene rings is 1. The van der Waals surface area contributed by atoms with Gasteiger partial charge in [-0.15, -0.1) is 0 Å². The van der Waals surface area contributed by atoms with Gasteiger partial charge in [-0.2, -0.15) is 0 Å². The number of rotatable bonds is 2. The molecule has 1 aromatic rings. The minimum Gasteiger partial charge on any atom is -0.491 e. The molecule has 0 aromatic heterocycles. The second-order valence-corrected chi connectivity index (χ2v) is 3.52. The molecule has 0 unspecified atom stereocenters. The summed E-state index contributed by atoms with van der Waals surface area (Å²) in [6.45, 7) is 2.30. The van der Waals surface area contributed by atoms with E-state index in [0.29, 0.717) is 22.4 Å². The Hall–Kier alpha value is -0.0451. The van der Waals surface area contributed by atoms with Crippen LogP contribution in [0.25, 0.3) is 0 Å². The van der Waals surface area contributed by atoms with Crippen LogP contribution < -0.4 is 10.2 Å². The lowest BCUT2D eigenvalue weighted by Crippen LogP contribution is -2.08. The molecule has 5 heteroatoms. The maximum atomic E-state index is 5.86. The highest BCUT2D eigenvalue weighted by Crippen LogP contribution is 2.33. The molecule has 0 saturated heterocycles. The van der Waals surface area contributed by atoms with Gasteiger partial charge in [-0.1, -0.05) is 40.3 Å². The molecule has 1 aromatic carbocycles. The summed E-state index contributed by atoms with van der Waals surface area (Å²) in [7, 11) is 5.58. The van der Waals surface area contributed by atoms with Crippen LogP contribution in [0.15, 0.2) is 6.07 Å². The average Bonchev–Trinajstić information content (AvgIpc) is 2.09. The van der Waals surface area contributed by atoms with E-state index in [1.165, 1.54) is 6.07 Å². The van der Waals surface area contributed by atoms with Crippen LogP contribution in [0.2, 0.25) is 15.1 Å². The van der Waals surface area contributed by atoms with Gasteiger partial charge in [0.25, 0.3) is 0 Å². The molecule has 0 N–H and O–H groups in total. The minimum atomic E-state index is 0.263. The van der Waals surface area contributed by atoms with E-state index in [1.54, 1.807) is 0 Å². The Morgan fingerprint density at radius 2 is 1.92 bits per heavy atom. The van der Waals surface area contributed by atoms with Gasteiger partial charge in [0.05, 0.1) is 16.7 Å². The first kappa shape index (κ1) is 11.0. The molecule has 0 amide bonds. The molecule has 0 heterocycles. The lowest BCUT2D eigenvalue weighted by atomic mass is 9.96. The Kier molecular flexibility index (Phi) is 3.78. The van der Waals surface area contributed by atoms with Crippen LogP contribution in [-0.2, 0) is 0 Å². The van der Waals surface area contributed by atoms with Crippen LogP contribution in [0, 0.1) is 0 Å². The molecule has 0 spiro atoms. The van der Waals surface area contributed by atoms with Gasteiger partial charge >= 0.3 is 0 Å². The third kappa shape index (κ3) is 2.25. The molecule has 0 aliphatic rings. The molecular formula is C8H6BCl3O. The highest BCUT2D eigenvalue weighted by atomic mass is 35.5. The predicted octanol–water partition coefficient (Wildman–Crippen LogP) is 2.84. The normalized spacial score (nSPS) is 10.2. The Morgan fingerprint density at radius 1 is 1.31 bits per heavy atom. The van der Waals surface area contributed by atoms with Crippen molar-refractivity contribution < 1.29 is 4.74 Å². The molecule has 1 nitrogen and oxygen atoms in total. The highest BCUT2D eigenvalue weighted by molar-refractivity contribution is 6.53. The standard InChI is InChI=1S/C8H6BCl3O/c1-2-13-8-5(11)3-4(10)6(9)7(8)12/h3H,2H2,1H3. The summed E-state index contributed by atoms with van der Waals surface area (Å²) in [5.74, 6) is 0.382.